The van der Waals surface area contributed by atoms with Crippen LogP contribution in [-0.4, -0.2) is 26.8 Å². The topological polar surface area (TPSA) is 27.7 Å². The van der Waals surface area contributed by atoms with E-state index < -0.39 is 29.7 Å². The van der Waals surface area contributed by atoms with Gasteiger partial charge < -0.3 is 14.2 Å². The molecule has 0 aliphatic rings. The minimum atomic E-state index is -1.77. The highest BCUT2D eigenvalue weighted by molar-refractivity contribution is 5.21. The first-order valence-electron chi connectivity index (χ1n) is 10.5. The van der Waals surface area contributed by atoms with Gasteiger partial charge in [-0.15, -0.1) is 0 Å². The standard InChI is InChI=1S/C22H34F4O3/c1-4-5-6-7-8-9-13-17(29-22(27-2)28-3)14-11-10-12-16-15-18(23)20(25)21(26)19(16)24/h15,17,22H,4-14H2,1-3H3. The van der Waals surface area contributed by atoms with Gasteiger partial charge in [0.15, 0.2) is 23.3 Å². The summed E-state index contributed by atoms with van der Waals surface area (Å²) in [6, 6.07) is 0.726. The van der Waals surface area contributed by atoms with Crippen molar-refractivity contribution >= 4 is 0 Å². The van der Waals surface area contributed by atoms with Crippen LogP contribution >= 0.6 is 0 Å². The Labute approximate surface area is 171 Å². The van der Waals surface area contributed by atoms with Crippen LogP contribution in [-0.2, 0) is 20.6 Å². The number of methoxy groups -OCH3 is 2. The highest BCUT2D eigenvalue weighted by Crippen LogP contribution is 2.22. The Hall–Kier alpha value is -1.18. The van der Waals surface area contributed by atoms with Gasteiger partial charge in [-0.25, -0.2) is 17.6 Å². The summed E-state index contributed by atoms with van der Waals surface area (Å²) >= 11 is 0. The molecule has 0 saturated heterocycles. The van der Waals surface area contributed by atoms with Crippen molar-refractivity contribution in [3.05, 3.63) is 34.9 Å². The van der Waals surface area contributed by atoms with Crippen molar-refractivity contribution in [2.75, 3.05) is 14.2 Å². The van der Waals surface area contributed by atoms with Crippen LogP contribution in [0.15, 0.2) is 6.07 Å². The van der Waals surface area contributed by atoms with Crippen molar-refractivity contribution in [2.45, 2.75) is 90.1 Å². The fourth-order valence-corrected chi connectivity index (χ4v) is 3.29. The smallest absolute Gasteiger partial charge is 0.271 e. The molecule has 0 aliphatic carbocycles. The van der Waals surface area contributed by atoms with E-state index in [1.54, 1.807) is 0 Å². The second-order valence-electron chi connectivity index (χ2n) is 7.28. The van der Waals surface area contributed by atoms with Gasteiger partial charge in [0.2, 0.25) is 0 Å². The largest absolute Gasteiger partial charge is 0.333 e. The molecule has 1 aromatic carbocycles. The Morgan fingerprint density at radius 2 is 1.34 bits per heavy atom. The molecule has 0 amide bonds. The maximum Gasteiger partial charge on any atom is 0.271 e. The molecule has 7 heteroatoms. The van der Waals surface area contributed by atoms with Crippen molar-refractivity contribution in [3.8, 4) is 0 Å². The molecule has 0 N–H and O–H groups in total. The molecule has 1 unspecified atom stereocenters. The number of aryl methyl sites for hydroxylation is 1. The molecule has 0 bridgehead atoms. The number of ether oxygens (including phenoxy) is 3. The molecule has 0 radical (unpaired) electrons. The average Bonchev–Trinajstić information content (AvgIpc) is 2.72. The van der Waals surface area contributed by atoms with E-state index in [1.165, 1.54) is 39.9 Å². The third kappa shape index (κ3) is 9.45. The van der Waals surface area contributed by atoms with Crippen LogP contribution in [0.25, 0.3) is 0 Å². The molecule has 0 fully saturated rings. The van der Waals surface area contributed by atoms with Gasteiger partial charge in [-0.3, -0.25) is 0 Å². The van der Waals surface area contributed by atoms with Gasteiger partial charge in [-0.2, -0.15) is 0 Å². The molecule has 0 spiro atoms. The van der Waals surface area contributed by atoms with E-state index in [4.69, 9.17) is 14.2 Å². The lowest BCUT2D eigenvalue weighted by Crippen LogP contribution is -2.25. The number of hydrogen-bond acceptors (Lipinski definition) is 3. The quantitative estimate of drug-likeness (QED) is 0.0979. The zero-order valence-electron chi connectivity index (χ0n) is 17.7. The van der Waals surface area contributed by atoms with Crippen molar-refractivity contribution in [3.63, 3.8) is 0 Å². The number of halogens is 4. The highest BCUT2D eigenvalue weighted by atomic mass is 19.2. The highest BCUT2D eigenvalue weighted by Gasteiger charge is 2.19. The molecular formula is C22H34F4O3. The van der Waals surface area contributed by atoms with Crippen LogP contribution in [0.4, 0.5) is 17.6 Å². The van der Waals surface area contributed by atoms with Crippen molar-refractivity contribution < 1.29 is 31.8 Å². The summed E-state index contributed by atoms with van der Waals surface area (Å²) in [4.78, 5) is 0. The molecule has 3 nitrogen and oxygen atoms in total. The van der Waals surface area contributed by atoms with Gasteiger partial charge in [0.25, 0.3) is 6.48 Å². The van der Waals surface area contributed by atoms with Crippen LogP contribution in [0.3, 0.4) is 0 Å². The van der Waals surface area contributed by atoms with Gasteiger partial charge in [0.05, 0.1) is 6.10 Å². The Kier molecular flexibility index (Phi) is 13.1. The molecule has 168 valence electrons. The van der Waals surface area contributed by atoms with Crippen molar-refractivity contribution in [2.24, 2.45) is 0 Å². The maximum atomic E-state index is 13.7. The van der Waals surface area contributed by atoms with E-state index in [0.29, 0.717) is 19.3 Å². The van der Waals surface area contributed by atoms with E-state index in [1.807, 2.05) is 0 Å². The summed E-state index contributed by atoms with van der Waals surface area (Å²) in [5.41, 5.74) is -0.151. The predicted molar refractivity (Wildman–Crippen MR) is 105 cm³/mol. The first kappa shape index (κ1) is 25.9. The summed E-state index contributed by atoms with van der Waals surface area (Å²) in [7, 11) is 2.99. The molecule has 0 heterocycles. The second-order valence-corrected chi connectivity index (χ2v) is 7.28. The van der Waals surface area contributed by atoms with Gasteiger partial charge >= 0.3 is 0 Å². The number of unbranched alkanes of at least 4 members (excludes halogenated alkanes) is 6. The molecule has 1 aromatic rings. The zero-order valence-corrected chi connectivity index (χ0v) is 17.7. The second kappa shape index (κ2) is 14.7. The van der Waals surface area contributed by atoms with Crippen LogP contribution in [0, 0.1) is 23.3 Å². The third-order valence-corrected chi connectivity index (χ3v) is 4.97. The molecular weight excluding hydrogens is 388 g/mol. The normalized spacial score (nSPS) is 12.7. The Balaban J connectivity index is 2.48. The summed E-state index contributed by atoms with van der Waals surface area (Å²) in [6.45, 7) is 1.43. The molecule has 1 rings (SSSR count). The van der Waals surface area contributed by atoms with Crippen LogP contribution in [0.1, 0.15) is 76.7 Å². The number of hydrogen-bond donors (Lipinski definition) is 0. The third-order valence-electron chi connectivity index (χ3n) is 4.97. The minimum absolute atomic E-state index is 0.0855. The monoisotopic (exact) mass is 422 g/mol. The molecule has 0 aliphatic heterocycles. The lowest BCUT2D eigenvalue weighted by molar-refractivity contribution is -0.285. The van der Waals surface area contributed by atoms with Crippen molar-refractivity contribution in [1.29, 1.82) is 0 Å². The van der Waals surface area contributed by atoms with Crippen LogP contribution in [0.5, 0.6) is 0 Å². The average molecular weight is 423 g/mol. The van der Waals surface area contributed by atoms with Gasteiger partial charge in [-0.1, -0.05) is 51.9 Å². The zero-order chi connectivity index (χ0) is 21.6. The molecule has 29 heavy (non-hydrogen) atoms. The molecule has 1 atom stereocenters. The van der Waals surface area contributed by atoms with Crippen LogP contribution < -0.4 is 0 Å². The maximum absolute atomic E-state index is 13.7. The Morgan fingerprint density at radius 1 is 0.759 bits per heavy atom. The van der Waals surface area contributed by atoms with Crippen molar-refractivity contribution in [1.82, 2.24) is 0 Å². The van der Waals surface area contributed by atoms with E-state index in [-0.39, 0.29) is 18.1 Å². The summed E-state index contributed by atoms with van der Waals surface area (Å²) in [6.07, 6.45) is 9.78. The summed E-state index contributed by atoms with van der Waals surface area (Å²) in [5, 5.41) is 0. The van der Waals surface area contributed by atoms with E-state index >= 15 is 0 Å². The summed E-state index contributed by atoms with van der Waals surface area (Å²) < 4.78 is 69.4. The predicted octanol–water partition coefficient (Wildman–Crippen LogP) is 6.67. The lowest BCUT2D eigenvalue weighted by Gasteiger charge is -2.23. The van der Waals surface area contributed by atoms with E-state index in [9.17, 15) is 17.6 Å². The lowest BCUT2D eigenvalue weighted by atomic mass is 10.0. The number of benzene rings is 1. The van der Waals surface area contributed by atoms with E-state index in [0.717, 1.165) is 25.3 Å². The first-order chi connectivity index (χ1) is 13.9. The Bertz CT molecular complexity index is 580. The van der Waals surface area contributed by atoms with Gasteiger partial charge in [-0.05, 0) is 37.3 Å². The SMILES string of the molecule is CCCCCCCCC(CCCCc1cc(F)c(F)c(F)c1F)OC(OC)OC. The van der Waals surface area contributed by atoms with Gasteiger partial charge in [0.1, 0.15) is 0 Å². The first-order valence-corrected chi connectivity index (χ1v) is 10.5. The van der Waals surface area contributed by atoms with Gasteiger partial charge in [0, 0.05) is 14.2 Å². The Morgan fingerprint density at radius 3 is 1.97 bits per heavy atom. The minimum Gasteiger partial charge on any atom is -0.333 e. The number of rotatable bonds is 16. The molecule has 0 saturated carbocycles. The van der Waals surface area contributed by atoms with Crippen LogP contribution in [0.2, 0.25) is 0 Å². The fourth-order valence-electron chi connectivity index (χ4n) is 3.29. The fraction of sp³-hybridized carbons (Fsp3) is 0.727. The van der Waals surface area contributed by atoms with E-state index in [2.05, 4.69) is 6.92 Å². The summed E-state index contributed by atoms with van der Waals surface area (Å²) in [5.74, 6) is -6.22. The molecule has 0 aromatic heterocycles.